The van der Waals surface area contributed by atoms with Gasteiger partial charge in [0.1, 0.15) is 22.5 Å². The molecule has 0 aliphatic carbocycles. The lowest BCUT2D eigenvalue weighted by Crippen LogP contribution is -2.25. The van der Waals surface area contributed by atoms with E-state index in [1.807, 2.05) is 36.4 Å². The molecule has 1 aromatic heterocycles. The highest BCUT2D eigenvalue weighted by Crippen LogP contribution is 2.42. The smallest absolute Gasteiger partial charge is 0.146 e. The predicted octanol–water partition coefficient (Wildman–Crippen LogP) is 4.37. The molecule has 1 heterocycles. The van der Waals surface area contributed by atoms with Crippen LogP contribution in [-0.2, 0) is 11.8 Å². The number of aliphatic hydroxyl groups is 1. The first-order chi connectivity index (χ1) is 12.6. The highest BCUT2D eigenvalue weighted by Gasteiger charge is 2.31. The van der Waals surface area contributed by atoms with Gasteiger partial charge in [0.2, 0.25) is 0 Å². The van der Waals surface area contributed by atoms with Crippen molar-refractivity contribution >= 4 is 11.0 Å². The highest BCUT2D eigenvalue weighted by molar-refractivity contribution is 5.73. The standard InChI is InChI=1S/C22H29N3O2/c1-21(2,3)14-22(4,5)16-12-15(10-11-26)13-19(20(16)27)25-23-17-8-6-7-9-18(17)24-25/h6-9,12-13,26-27H,10-11,14H2,1-5H3. The minimum atomic E-state index is -0.241. The number of nitrogens with zero attached hydrogens (tertiary/aromatic N) is 3. The van der Waals surface area contributed by atoms with Crippen molar-refractivity contribution in [3.8, 4) is 11.4 Å². The Labute approximate surface area is 160 Å². The number of phenolic OH excluding ortho intramolecular Hbond substituents is 1. The van der Waals surface area contributed by atoms with Crippen LogP contribution in [0.3, 0.4) is 0 Å². The van der Waals surface area contributed by atoms with Crippen LogP contribution in [0.2, 0.25) is 0 Å². The fraction of sp³-hybridized carbons (Fsp3) is 0.455. The largest absolute Gasteiger partial charge is 0.505 e. The second-order valence-corrected chi connectivity index (χ2v) is 9.08. The number of rotatable bonds is 5. The summed E-state index contributed by atoms with van der Waals surface area (Å²) in [5.41, 5.74) is 3.80. The van der Waals surface area contributed by atoms with Gasteiger partial charge in [0, 0.05) is 12.2 Å². The Kier molecular flexibility index (Phi) is 5.00. The lowest BCUT2D eigenvalue weighted by atomic mass is 9.71. The zero-order valence-corrected chi connectivity index (χ0v) is 16.8. The van der Waals surface area contributed by atoms with Gasteiger partial charge in [0.25, 0.3) is 0 Å². The van der Waals surface area contributed by atoms with Gasteiger partial charge in [-0.3, -0.25) is 0 Å². The highest BCUT2D eigenvalue weighted by atomic mass is 16.3. The van der Waals surface area contributed by atoms with E-state index in [9.17, 15) is 10.2 Å². The summed E-state index contributed by atoms with van der Waals surface area (Å²) in [7, 11) is 0. The Morgan fingerprint density at radius 1 is 0.963 bits per heavy atom. The number of hydrogen-bond donors (Lipinski definition) is 2. The van der Waals surface area contributed by atoms with Crippen LogP contribution >= 0.6 is 0 Å². The van der Waals surface area contributed by atoms with Gasteiger partial charge in [-0.15, -0.1) is 15.0 Å². The second-order valence-electron chi connectivity index (χ2n) is 9.08. The molecule has 0 saturated heterocycles. The number of aromatic nitrogens is 3. The molecule has 27 heavy (non-hydrogen) atoms. The van der Waals surface area contributed by atoms with Crippen molar-refractivity contribution in [2.24, 2.45) is 5.41 Å². The number of phenols is 1. The van der Waals surface area contributed by atoms with E-state index in [1.54, 1.807) is 0 Å². The van der Waals surface area contributed by atoms with Crippen molar-refractivity contribution in [2.75, 3.05) is 6.61 Å². The van der Waals surface area contributed by atoms with E-state index in [0.29, 0.717) is 12.1 Å². The molecule has 0 aliphatic rings. The molecular weight excluding hydrogens is 338 g/mol. The van der Waals surface area contributed by atoms with E-state index in [4.69, 9.17) is 0 Å². The van der Waals surface area contributed by atoms with E-state index >= 15 is 0 Å². The van der Waals surface area contributed by atoms with Crippen LogP contribution in [0, 0.1) is 5.41 Å². The maximum atomic E-state index is 11.1. The van der Waals surface area contributed by atoms with E-state index < -0.39 is 0 Å². The molecular formula is C22H29N3O2. The molecule has 3 rings (SSSR count). The van der Waals surface area contributed by atoms with Crippen LogP contribution in [0.4, 0.5) is 0 Å². The molecule has 144 valence electrons. The molecule has 3 aromatic rings. The lowest BCUT2D eigenvalue weighted by molar-refractivity contribution is 0.277. The van der Waals surface area contributed by atoms with Crippen molar-refractivity contribution in [2.45, 2.75) is 52.9 Å². The fourth-order valence-corrected chi connectivity index (χ4v) is 4.01. The first-order valence-corrected chi connectivity index (χ1v) is 9.40. The van der Waals surface area contributed by atoms with Gasteiger partial charge in [-0.2, -0.15) is 0 Å². The summed E-state index contributed by atoms with van der Waals surface area (Å²) in [6, 6.07) is 11.5. The van der Waals surface area contributed by atoms with E-state index in [1.165, 1.54) is 4.80 Å². The van der Waals surface area contributed by atoms with Gasteiger partial charge < -0.3 is 10.2 Å². The van der Waals surface area contributed by atoms with Crippen molar-refractivity contribution in [1.82, 2.24) is 15.0 Å². The average molecular weight is 367 g/mol. The Hall–Kier alpha value is -2.40. The zero-order chi connectivity index (χ0) is 19.8. The fourth-order valence-electron chi connectivity index (χ4n) is 4.01. The number of fused-ring (bicyclic) bond motifs is 1. The van der Waals surface area contributed by atoms with Gasteiger partial charge in [-0.1, -0.05) is 52.8 Å². The monoisotopic (exact) mass is 367 g/mol. The molecule has 0 atom stereocenters. The van der Waals surface area contributed by atoms with E-state index in [2.05, 4.69) is 44.8 Å². The summed E-state index contributed by atoms with van der Waals surface area (Å²) >= 11 is 0. The molecule has 0 bridgehead atoms. The molecule has 5 nitrogen and oxygen atoms in total. The van der Waals surface area contributed by atoms with Crippen LogP contribution in [0.1, 0.15) is 52.2 Å². The van der Waals surface area contributed by atoms with Gasteiger partial charge in [0.05, 0.1) is 0 Å². The average Bonchev–Trinajstić information content (AvgIpc) is 2.98. The first-order valence-electron chi connectivity index (χ1n) is 9.40. The molecule has 0 unspecified atom stereocenters. The predicted molar refractivity (Wildman–Crippen MR) is 108 cm³/mol. The van der Waals surface area contributed by atoms with Gasteiger partial charge in [-0.25, -0.2) is 0 Å². The first kappa shape index (κ1) is 19.4. The maximum Gasteiger partial charge on any atom is 0.146 e. The lowest BCUT2D eigenvalue weighted by Gasteiger charge is -2.34. The Morgan fingerprint density at radius 2 is 1.56 bits per heavy atom. The molecule has 0 saturated carbocycles. The summed E-state index contributed by atoms with van der Waals surface area (Å²) in [4.78, 5) is 1.50. The number of aliphatic hydroxyl groups excluding tert-OH is 1. The minimum absolute atomic E-state index is 0.0534. The molecule has 2 N–H and O–H groups in total. The molecule has 0 aliphatic heterocycles. The summed E-state index contributed by atoms with van der Waals surface area (Å²) < 4.78 is 0. The third-order valence-corrected chi connectivity index (χ3v) is 4.75. The molecule has 0 radical (unpaired) electrons. The van der Waals surface area contributed by atoms with Gasteiger partial charge >= 0.3 is 0 Å². The van der Waals surface area contributed by atoms with Crippen molar-refractivity contribution in [3.05, 3.63) is 47.5 Å². The van der Waals surface area contributed by atoms with Crippen molar-refractivity contribution in [3.63, 3.8) is 0 Å². The number of benzene rings is 2. The summed E-state index contributed by atoms with van der Waals surface area (Å²) in [6.45, 7) is 10.9. The van der Waals surface area contributed by atoms with Crippen LogP contribution in [0.25, 0.3) is 16.7 Å². The molecule has 0 fully saturated rings. The van der Waals surface area contributed by atoms with E-state index in [-0.39, 0.29) is 23.2 Å². The second kappa shape index (κ2) is 6.97. The van der Waals surface area contributed by atoms with Crippen LogP contribution in [-0.4, -0.2) is 31.8 Å². The molecule has 5 heteroatoms. The number of aromatic hydroxyl groups is 1. The quantitative estimate of drug-likeness (QED) is 0.702. The van der Waals surface area contributed by atoms with Gasteiger partial charge in [-0.05, 0) is 47.4 Å². The molecule has 2 aromatic carbocycles. The van der Waals surface area contributed by atoms with Crippen molar-refractivity contribution in [1.29, 1.82) is 0 Å². The van der Waals surface area contributed by atoms with Gasteiger partial charge in [0.15, 0.2) is 0 Å². The van der Waals surface area contributed by atoms with Crippen LogP contribution < -0.4 is 0 Å². The van der Waals surface area contributed by atoms with Crippen LogP contribution in [0.15, 0.2) is 36.4 Å². The normalized spacial score (nSPS) is 12.7. The topological polar surface area (TPSA) is 71.2 Å². The Morgan fingerprint density at radius 3 is 2.07 bits per heavy atom. The SMILES string of the molecule is CC(C)(C)CC(C)(C)c1cc(CCO)cc(-n2nc3ccccc3n2)c1O. The summed E-state index contributed by atoms with van der Waals surface area (Å²) in [5.74, 6) is 0.200. The Balaban J connectivity index is 2.17. The maximum absolute atomic E-state index is 11.1. The molecule has 0 spiro atoms. The third-order valence-electron chi connectivity index (χ3n) is 4.75. The zero-order valence-electron chi connectivity index (χ0n) is 16.8. The summed E-state index contributed by atoms with van der Waals surface area (Å²) in [5, 5.41) is 29.6. The van der Waals surface area contributed by atoms with E-state index in [0.717, 1.165) is 28.6 Å². The van der Waals surface area contributed by atoms with Crippen LogP contribution in [0.5, 0.6) is 5.75 Å². The third kappa shape index (κ3) is 4.14. The minimum Gasteiger partial charge on any atom is -0.505 e. The Bertz CT molecular complexity index is 919. The molecule has 0 amide bonds. The summed E-state index contributed by atoms with van der Waals surface area (Å²) in [6.07, 6.45) is 1.43. The van der Waals surface area contributed by atoms with Crippen molar-refractivity contribution < 1.29 is 10.2 Å². The number of hydrogen-bond acceptors (Lipinski definition) is 4.